The van der Waals surface area contributed by atoms with Gasteiger partial charge in [-0.2, -0.15) is 0 Å². The van der Waals surface area contributed by atoms with Crippen molar-refractivity contribution in [2.75, 3.05) is 31.5 Å². The third-order valence-electron chi connectivity index (χ3n) is 7.06. The number of carbonyl (C=O) groups is 2. The zero-order valence-corrected chi connectivity index (χ0v) is 19.6. The molecule has 2 amide bonds. The minimum atomic E-state index is -0.489. The molecule has 2 aromatic carbocycles. The Morgan fingerprint density at radius 1 is 0.939 bits per heavy atom. The van der Waals surface area contributed by atoms with Gasteiger partial charge < -0.3 is 10.2 Å². The van der Waals surface area contributed by atoms with Crippen molar-refractivity contribution in [1.29, 1.82) is 0 Å². The second kappa shape index (κ2) is 10.5. The smallest absolute Gasteiger partial charge is 0.256 e. The molecule has 1 saturated heterocycles. The van der Waals surface area contributed by atoms with E-state index in [9.17, 15) is 14.0 Å². The van der Waals surface area contributed by atoms with Gasteiger partial charge in [0.2, 0.25) is 5.91 Å². The maximum atomic E-state index is 14.1. The highest BCUT2D eigenvalue weighted by Crippen LogP contribution is 2.32. The minimum Gasteiger partial charge on any atom is -0.336 e. The van der Waals surface area contributed by atoms with Crippen LogP contribution in [0.4, 0.5) is 10.1 Å². The summed E-state index contributed by atoms with van der Waals surface area (Å²) in [7, 11) is 0. The van der Waals surface area contributed by atoms with E-state index in [4.69, 9.17) is 0 Å². The van der Waals surface area contributed by atoms with Crippen molar-refractivity contribution in [3.8, 4) is 0 Å². The molecule has 4 rings (SSSR count). The average Bonchev–Trinajstić information content (AvgIpc) is 3.34. The molecule has 1 aliphatic carbocycles. The number of halogens is 1. The summed E-state index contributed by atoms with van der Waals surface area (Å²) < 4.78 is 14.1. The first-order valence-electron chi connectivity index (χ1n) is 12.1. The highest BCUT2D eigenvalue weighted by atomic mass is 19.1. The van der Waals surface area contributed by atoms with Crippen molar-refractivity contribution in [2.45, 2.75) is 51.5 Å². The second-order valence-electron chi connectivity index (χ2n) is 9.56. The van der Waals surface area contributed by atoms with E-state index >= 15 is 0 Å². The number of amides is 2. The SMILES string of the molecule is CC(C)c1ccc(NC(=O)C(C2CCCC2)N2CCN(C(=O)c3ccccc3F)CC2)cc1. The monoisotopic (exact) mass is 451 g/mol. The lowest BCUT2D eigenvalue weighted by atomic mass is 9.94. The first-order valence-corrected chi connectivity index (χ1v) is 12.1. The van der Waals surface area contributed by atoms with Crippen LogP contribution in [0.2, 0.25) is 0 Å². The number of benzene rings is 2. The molecule has 2 fully saturated rings. The van der Waals surface area contributed by atoms with Gasteiger partial charge in [-0.15, -0.1) is 0 Å². The van der Waals surface area contributed by atoms with Crippen molar-refractivity contribution in [3.05, 3.63) is 65.5 Å². The van der Waals surface area contributed by atoms with Crippen molar-refractivity contribution >= 4 is 17.5 Å². The number of carbonyl (C=O) groups excluding carboxylic acids is 2. The number of rotatable bonds is 6. The van der Waals surface area contributed by atoms with Crippen molar-refractivity contribution in [2.24, 2.45) is 5.92 Å². The molecule has 1 saturated carbocycles. The van der Waals surface area contributed by atoms with E-state index < -0.39 is 5.82 Å². The number of piperazine rings is 1. The fraction of sp³-hybridized carbons (Fsp3) is 0.481. The largest absolute Gasteiger partial charge is 0.336 e. The zero-order chi connectivity index (χ0) is 23.4. The van der Waals surface area contributed by atoms with E-state index in [1.54, 1.807) is 17.0 Å². The Morgan fingerprint density at radius 3 is 2.18 bits per heavy atom. The van der Waals surface area contributed by atoms with Crippen molar-refractivity contribution in [3.63, 3.8) is 0 Å². The molecule has 5 nitrogen and oxygen atoms in total. The lowest BCUT2D eigenvalue weighted by Crippen LogP contribution is -2.57. The van der Waals surface area contributed by atoms with Gasteiger partial charge in [0.05, 0.1) is 11.6 Å². The quantitative estimate of drug-likeness (QED) is 0.679. The van der Waals surface area contributed by atoms with Crippen molar-refractivity contribution in [1.82, 2.24) is 9.80 Å². The van der Waals surface area contributed by atoms with Crippen LogP contribution in [0.15, 0.2) is 48.5 Å². The lowest BCUT2D eigenvalue weighted by Gasteiger charge is -2.40. The number of anilines is 1. The van der Waals surface area contributed by atoms with Gasteiger partial charge in [-0.3, -0.25) is 14.5 Å². The predicted molar refractivity (Wildman–Crippen MR) is 129 cm³/mol. The standard InChI is InChI=1S/C27H34FN3O2/c1-19(2)20-11-13-22(14-12-20)29-26(32)25(21-7-3-4-8-21)30-15-17-31(18-16-30)27(33)23-9-5-6-10-24(23)28/h5-6,9-14,19,21,25H,3-4,7-8,15-18H2,1-2H3,(H,29,32). The summed E-state index contributed by atoms with van der Waals surface area (Å²) in [5.41, 5.74) is 2.18. The zero-order valence-electron chi connectivity index (χ0n) is 19.6. The Bertz CT molecular complexity index is 962. The Hall–Kier alpha value is -2.73. The van der Waals surface area contributed by atoms with E-state index in [0.717, 1.165) is 31.4 Å². The van der Waals surface area contributed by atoms with Gasteiger partial charge in [-0.25, -0.2) is 4.39 Å². The molecule has 2 aliphatic rings. The number of nitrogens with zero attached hydrogens (tertiary/aromatic N) is 2. The number of nitrogens with one attached hydrogen (secondary N) is 1. The molecule has 2 aromatic rings. The van der Waals surface area contributed by atoms with E-state index in [1.165, 1.54) is 17.7 Å². The molecule has 1 unspecified atom stereocenters. The Labute approximate surface area is 196 Å². The Morgan fingerprint density at radius 2 is 1.58 bits per heavy atom. The van der Waals surface area contributed by atoms with Gasteiger partial charge in [-0.1, -0.05) is 51.0 Å². The summed E-state index contributed by atoms with van der Waals surface area (Å²) in [4.78, 5) is 30.1. The van der Waals surface area contributed by atoms with Crippen LogP contribution in [-0.2, 0) is 4.79 Å². The van der Waals surface area contributed by atoms with Gasteiger partial charge in [-0.05, 0) is 54.5 Å². The minimum absolute atomic E-state index is 0.0353. The Balaban J connectivity index is 1.43. The predicted octanol–water partition coefficient (Wildman–Crippen LogP) is 4.90. The molecule has 0 bridgehead atoms. The summed E-state index contributed by atoms with van der Waals surface area (Å²) in [6, 6.07) is 14.0. The molecule has 0 spiro atoms. The van der Waals surface area contributed by atoms with E-state index in [0.29, 0.717) is 38.0 Å². The normalized spacial score (nSPS) is 18.5. The molecule has 1 N–H and O–H groups in total. The fourth-order valence-corrected chi connectivity index (χ4v) is 5.13. The van der Waals surface area contributed by atoms with Crippen LogP contribution in [0, 0.1) is 11.7 Å². The summed E-state index contributed by atoms with van der Waals surface area (Å²) in [6.07, 6.45) is 4.42. The Kier molecular flexibility index (Phi) is 7.43. The van der Waals surface area contributed by atoms with Crippen LogP contribution < -0.4 is 5.32 Å². The highest BCUT2D eigenvalue weighted by molar-refractivity contribution is 5.96. The van der Waals surface area contributed by atoms with Gasteiger partial charge in [0, 0.05) is 31.9 Å². The van der Waals surface area contributed by atoms with Crippen LogP contribution in [0.25, 0.3) is 0 Å². The average molecular weight is 452 g/mol. The summed E-state index contributed by atoms with van der Waals surface area (Å²) in [5, 5.41) is 3.14. The van der Waals surface area contributed by atoms with Crippen LogP contribution in [-0.4, -0.2) is 53.8 Å². The first kappa shape index (κ1) is 23.4. The number of hydrogen-bond acceptors (Lipinski definition) is 3. The van der Waals surface area contributed by atoms with Gasteiger partial charge >= 0.3 is 0 Å². The second-order valence-corrected chi connectivity index (χ2v) is 9.56. The lowest BCUT2D eigenvalue weighted by molar-refractivity contribution is -0.123. The number of hydrogen-bond donors (Lipinski definition) is 1. The molecule has 6 heteroatoms. The molecule has 1 heterocycles. The highest BCUT2D eigenvalue weighted by Gasteiger charge is 2.37. The maximum Gasteiger partial charge on any atom is 0.256 e. The molecule has 33 heavy (non-hydrogen) atoms. The fourth-order valence-electron chi connectivity index (χ4n) is 5.13. The van der Waals surface area contributed by atoms with E-state index in [1.807, 2.05) is 12.1 Å². The topological polar surface area (TPSA) is 52.7 Å². The third kappa shape index (κ3) is 5.44. The molecule has 1 aliphatic heterocycles. The molecule has 0 aromatic heterocycles. The van der Waals surface area contributed by atoms with Crippen molar-refractivity contribution < 1.29 is 14.0 Å². The molecular weight excluding hydrogens is 417 g/mol. The summed E-state index contributed by atoms with van der Waals surface area (Å²) >= 11 is 0. The van der Waals surface area contributed by atoms with E-state index in [-0.39, 0.29) is 23.4 Å². The summed E-state index contributed by atoms with van der Waals surface area (Å²) in [5.74, 6) is 0.0441. The van der Waals surface area contributed by atoms with E-state index in [2.05, 4.69) is 36.2 Å². The van der Waals surface area contributed by atoms with Gasteiger partial charge in [0.15, 0.2) is 0 Å². The van der Waals surface area contributed by atoms with Crippen LogP contribution in [0.3, 0.4) is 0 Å². The molecular formula is C27H34FN3O2. The molecule has 1 atom stereocenters. The maximum absolute atomic E-state index is 14.1. The van der Waals surface area contributed by atoms with Crippen LogP contribution in [0.1, 0.15) is 61.4 Å². The molecule has 176 valence electrons. The van der Waals surface area contributed by atoms with Gasteiger partial charge in [0.1, 0.15) is 5.82 Å². The third-order valence-corrected chi connectivity index (χ3v) is 7.06. The van der Waals surface area contributed by atoms with Crippen LogP contribution in [0.5, 0.6) is 0 Å². The summed E-state index contributed by atoms with van der Waals surface area (Å²) in [6.45, 7) is 6.52. The molecule has 0 radical (unpaired) electrons. The first-order chi connectivity index (χ1) is 15.9. The van der Waals surface area contributed by atoms with Gasteiger partial charge in [0.25, 0.3) is 5.91 Å². The van der Waals surface area contributed by atoms with Crippen LogP contribution >= 0.6 is 0 Å².